The van der Waals surface area contributed by atoms with Crippen LogP contribution in [0.2, 0.25) is 0 Å². The van der Waals surface area contributed by atoms with Gasteiger partial charge in [0.2, 0.25) is 0 Å². The standard InChI is InChI=1S/C16H29BO2/c1-12(2)14-9-7-13(8-10-14)11-17-18-15(3,4)16(5,6)19-17/h11-12,14H,7-10H2,1-6H3. The smallest absolute Gasteiger partial charge is 0.400 e. The minimum atomic E-state index is -0.218. The van der Waals surface area contributed by atoms with Gasteiger partial charge in [-0.05, 0) is 65.2 Å². The van der Waals surface area contributed by atoms with Crippen molar-refractivity contribution in [2.24, 2.45) is 11.8 Å². The van der Waals surface area contributed by atoms with Crippen LogP contribution in [0.15, 0.2) is 11.5 Å². The zero-order valence-electron chi connectivity index (χ0n) is 13.5. The summed E-state index contributed by atoms with van der Waals surface area (Å²) >= 11 is 0. The molecule has 0 aromatic rings. The molecule has 108 valence electrons. The van der Waals surface area contributed by atoms with Crippen LogP contribution in [0, 0.1) is 11.8 Å². The number of rotatable bonds is 2. The Hall–Kier alpha value is -0.275. The van der Waals surface area contributed by atoms with Gasteiger partial charge in [0.1, 0.15) is 0 Å². The van der Waals surface area contributed by atoms with E-state index in [1.54, 1.807) is 0 Å². The molecular formula is C16H29BO2. The summed E-state index contributed by atoms with van der Waals surface area (Å²) in [6.45, 7) is 13.1. The Balaban J connectivity index is 1.94. The van der Waals surface area contributed by atoms with E-state index in [4.69, 9.17) is 9.31 Å². The minimum Gasteiger partial charge on any atom is -0.400 e. The summed E-state index contributed by atoms with van der Waals surface area (Å²) in [6.07, 6.45) is 5.08. The summed E-state index contributed by atoms with van der Waals surface area (Å²) in [6, 6.07) is 0. The Morgan fingerprint density at radius 2 is 1.53 bits per heavy atom. The van der Waals surface area contributed by atoms with Gasteiger partial charge >= 0.3 is 7.12 Å². The second-order valence-electron chi connectivity index (χ2n) is 7.53. The van der Waals surface area contributed by atoms with Gasteiger partial charge in [-0.25, -0.2) is 0 Å². The van der Waals surface area contributed by atoms with E-state index >= 15 is 0 Å². The van der Waals surface area contributed by atoms with Crippen molar-refractivity contribution in [1.29, 1.82) is 0 Å². The molecule has 2 nitrogen and oxygen atoms in total. The number of hydrogen-bond donors (Lipinski definition) is 0. The molecule has 0 N–H and O–H groups in total. The second kappa shape index (κ2) is 5.25. The lowest BCUT2D eigenvalue weighted by atomic mass is 9.76. The third-order valence-corrected chi connectivity index (χ3v) is 5.26. The van der Waals surface area contributed by atoms with E-state index in [9.17, 15) is 0 Å². The lowest BCUT2D eigenvalue weighted by Gasteiger charge is -2.32. The molecule has 2 rings (SSSR count). The molecule has 1 heterocycles. The fraction of sp³-hybridized carbons (Fsp3) is 0.875. The third kappa shape index (κ3) is 3.25. The molecule has 3 heteroatoms. The van der Waals surface area contributed by atoms with Gasteiger partial charge in [0.25, 0.3) is 0 Å². The molecule has 0 bridgehead atoms. The molecule has 1 saturated heterocycles. The normalized spacial score (nSPS) is 29.9. The number of allylic oxidation sites excluding steroid dienone is 1. The quantitative estimate of drug-likeness (QED) is 0.688. The lowest BCUT2D eigenvalue weighted by molar-refractivity contribution is 0.00578. The summed E-state index contributed by atoms with van der Waals surface area (Å²) in [5.41, 5.74) is 1.09. The lowest BCUT2D eigenvalue weighted by Crippen LogP contribution is -2.41. The Morgan fingerprint density at radius 1 is 1.05 bits per heavy atom. The van der Waals surface area contributed by atoms with Gasteiger partial charge in [0.05, 0.1) is 11.2 Å². The highest BCUT2D eigenvalue weighted by atomic mass is 16.7. The summed E-state index contributed by atoms with van der Waals surface area (Å²) in [4.78, 5) is 0. The maximum absolute atomic E-state index is 6.04. The molecule has 0 radical (unpaired) electrons. The van der Waals surface area contributed by atoms with Gasteiger partial charge in [0, 0.05) is 0 Å². The molecule has 0 atom stereocenters. The highest BCUT2D eigenvalue weighted by Crippen LogP contribution is 2.38. The maximum Gasteiger partial charge on any atom is 0.487 e. The fourth-order valence-electron chi connectivity index (χ4n) is 2.99. The van der Waals surface area contributed by atoms with Gasteiger partial charge < -0.3 is 9.31 Å². The molecule has 1 saturated carbocycles. The van der Waals surface area contributed by atoms with Crippen molar-refractivity contribution in [2.45, 2.75) is 78.4 Å². The molecule has 0 spiro atoms. The third-order valence-electron chi connectivity index (χ3n) is 5.26. The van der Waals surface area contributed by atoms with E-state index in [2.05, 4.69) is 47.5 Å². The van der Waals surface area contributed by atoms with Gasteiger partial charge in [-0.3, -0.25) is 0 Å². The van der Waals surface area contributed by atoms with Gasteiger partial charge in [-0.2, -0.15) is 0 Å². The predicted molar refractivity (Wildman–Crippen MR) is 81.0 cm³/mol. The maximum atomic E-state index is 6.04. The monoisotopic (exact) mass is 264 g/mol. The first kappa shape index (κ1) is 15.1. The summed E-state index contributed by atoms with van der Waals surface area (Å²) in [5.74, 6) is 3.95. The molecule has 0 aromatic carbocycles. The average Bonchev–Trinajstić information content (AvgIpc) is 2.47. The van der Waals surface area contributed by atoms with Crippen molar-refractivity contribution >= 4 is 7.12 Å². The van der Waals surface area contributed by atoms with Crippen LogP contribution in [-0.2, 0) is 9.31 Å². The molecule has 1 aliphatic carbocycles. The first-order chi connectivity index (χ1) is 8.71. The molecule has 0 unspecified atom stereocenters. The van der Waals surface area contributed by atoms with Crippen molar-refractivity contribution in [2.75, 3.05) is 0 Å². The first-order valence-corrected chi connectivity index (χ1v) is 7.76. The summed E-state index contributed by atoms with van der Waals surface area (Å²) in [5, 5.41) is 0. The van der Waals surface area contributed by atoms with E-state index in [-0.39, 0.29) is 18.3 Å². The average molecular weight is 264 g/mol. The van der Waals surface area contributed by atoms with E-state index in [0.717, 1.165) is 11.8 Å². The van der Waals surface area contributed by atoms with Gasteiger partial charge in [-0.15, -0.1) is 0 Å². The van der Waals surface area contributed by atoms with E-state index in [1.807, 2.05) is 0 Å². The van der Waals surface area contributed by atoms with Crippen molar-refractivity contribution in [3.8, 4) is 0 Å². The van der Waals surface area contributed by atoms with Crippen LogP contribution in [-0.4, -0.2) is 18.3 Å². The summed E-state index contributed by atoms with van der Waals surface area (Å²) in [7, 11) is -0.157. The Bertz CT molecular complexity index is 332. The first-order valence-electron chi connectivity index (χ1n) is 7.76. The van der Waals surface area contributed by atoms with Crippen LogP contribution in [0.1, 0.15) is 67.2 Å². The van der Waals surface area contributed by atoms with Gasteiger partial charge in [-0.1, -0.05) is 25.4 Å². The Kier molecular flexibility index (Phi) is 4.18. The Labute approximate surface area is 119 Å². The highest BCUT2D eigenvalue weighted by molar-refractivity contribution is 6.51. The van der Waals surface area contributed by atoms with Crippen LogP contribution in [0.5, 0.6) is 0 Å². The zero-order chi connectivity index (χ0) is 14.3. The van der Waals surface area contributed by atoms with Gasteiger partial charge in [0.15, 0.2) is 0 Å². The van der Waals surface area contributed by atoms with Crippen molar-refractivity contribution in [3.63, 3.8) is 0 Å². The van der Waals surface area contributed by atoms with Crippen LogP contribution in [0.4, 0.5) is 0 Å². The van der Waals surface area contributed by atoms with Crippen molar-refractivity contribution < 1.29 is 9.31 Å². The molecular weight excluding hydrogens is 235 g/mol. The SMILES string of the molecule is CC(C)C1CCC(=CB2OC(C)(C)C(C)(C)O2)CC1. The van der Waals surface area contributed by atoms with E-state index in [0.29, 0.717) is 0 Å². The minimum absolute atomic E-state index is 0.157. The van der Waals surface area contributed by atoms with Crippen molar-refractivity contribution in [3.05, 3.63) is 11.5 Å². The second-order valence-corrected chi connectivity index (χ2v) is 7.53. The van der Waals surface area contributed by atoms with E-state index < -0.39 is 0 Å². The zero-order valence-corrected chi connectivity index (χ0v) is 13.5. The van der Waals surface area contributed by atoms with Crippen molar-refractivity contribution in [1.82, 2.24) is 0 Å². The number of hydrogen-bond acceptors (Lipinski definition) is 2. The molecule has 0 aromatic heterocycles. The van der Waals surface area contributed by atoms with E-state index in [1.165, 1.54) is 31.3 Å². The predicted octanol–water partition coefficient (Wildman–Crippen LogP) is 4.39. The Morgan fingerprint density at radius 3 is 1.95 bits per heavy atom. The topological polar surface area (TPSA) is 18.5 Å². The van der Waals surface area contributed by atoms with Crippen LogP contribution >= 0.6 is 0 Å². The van der Waals surface area contributed by atoms with Crippen LogP contribution in [0.25, 0.3) is 0 Å². The summed E-state index contributed by atoms with van der Waals surface area (Å²) < 4.78 is 12.1. The largest absolute Gasteiger partial charge is 0.487 e. The van der Waals surface area contributed by atoms with Crippen LogP contribution in [0.3, 0.4) is 0 Å². The fourth-order valence-corrected chi connectivity index (χ4v) is 2.99. The highest BCUT2D eigenvalue weighted by Gasteiger charge is 2.50. The molecule has 1 aliphatic heterocycles. The molecule has 19 heavy (non-hydrogen) atoms. The molecule has 2 fully saturated rings. The molecule has 0 amide bonds. The van der Waals surface area contributed by atoms with Crippen LogP contribution < -0.4 is 0 Å². The molecule has 2 aliphatic rings.